The average Bonchev–Trinajstić information content (AvgIpc) is 1.88. The Morgan fingerprint density at radius 1 is 1.50 bits per heavy atom. The van der Waals surface area contributed by atoms with Crippen LogP contribution in [0.3, 0.4) is 0 Å². The lowest BCUT2D eigenvalue weighted by Gasteiger charge is -2.01. The van der Waals surface area contributed by atoms with Gasteiger partial charge >= 0.3 is 0 Å². The molecular formula is C10H17. The summed E-state index contributed by atoms with van der Waals surface area (Å²) in [6.07, 6.45) is 6.48. The van der Waals surface area contributed by atoms with Crippen LogP contribution in [0.1, 0.15) is 33.6 Å². The molecule has 0 nitrogen and oxygen atoms in total. The van der Waals surface area contributed by atoms with Gasteiger partial charge in [-0.2, -0.15) is 0 Å². The lowest BCUT2D eigenvalue weighted by atomic mass is 10.0. The Hall–Kier alpha value is -0.520. The first kappa shape index (κ1) is 9.48. The van der Waals surface area contributed by atoms with Gasteiger partial charge in [-0.15, -0.1) is 0 Å². The van der Waals surface area contributed by atoms with Gasteiger partial charge in [-0.1, -0.05) is 45.9 Å². The molecule has 0 spiro atoms. The Bertz CT molecular complexity index is 118. The van der Waals surface area contributed by atoms with E-state index in [4.69, 9.17) is 6.58 Å². The minimum absolute atomic E-state index is 0.480. The lowest BCUT2D eigenvalue weighted by molar-refractivity contribution is 0.791. The molecule has 0 rings (SSSR count). The normalized spacial score (nSPS) is 11.2. The first-order chi connectivity index (χ1) is 4.68. The Labute approximate surface area is 64.6 Å². The van der Waals surface area contributed by atoms with Gasteiger partial charge in [0.1, 0.15) is 0 Å². The molecule has 0 heteroatoms. The minimum Gasteiger partial charge on any atom is -0.0843 e. The first-order valence-corrected chi connectivity index (χ1v) is 3.97. The van der Waals surface area contributed by atoms with E-state index < -0.39 is 0 Å². The second-order valence-corrected chi connectivity index (χ2v) is 2.85. The van der Waals surface area contributed by atoms with E-state index in [1.165, 1.54) is 6.42 Å². The molecule has 0 unspecified atom stereocenters. The van der Waals surface area contributed by atoms with Gasteiger partial charge in [0, 0.05) is 0 Å². The first-order valence-electron chi connectivity index (χ1n) is 3.97. The van der Waals surface area contributed by atoms with Crippen molar-refractivity contribution in [3.8, 4) is 0 Å². The molecule has 0 aliphatic rings. The summed E-state index contributed by atoms with van der Waals surface area (Å²) in [5.41, 5.74) is 0.980. The molecule has 0 saturated heterocycles. The van der Waals surface area contributed by atoms with E-state index in [0.29, 0.717) is 5.92 Å². The van der Waals surface area contributed by atoms with Crippen LogP contribution in [0.4, 0.5) is 0 Å². The van der Waals surface area contributed by atoms with Crippen LogP contribution >= 0.6 is 0 Å². The molecule has 0 saturated carbocycles. The van der Waals surface area contributed by atoms with E-state index in [0.717, 1.165) is 12.0 Å². The summed E-state index contributed by atoms with van der Waals surface area (Å²) in [5.74, 6) is 0.480. The summed E-state index contributed by atoms with van der Waals surface area (Å²) in [7, 11) is 0. The molecule has 0 aromatic heterocycles. The Morgan fingerprint density at radius 2 is 2.10 bits per heavy atom. The Morgan fingerprint density at radius 3 is 2.50 bits per heavy atom. The van der Waals surface area contributed by atoms with E-state index in [1.54, 1.807) is 0 Å². The van der Waals surface area contributed by atoms with E-state index in [-0.39, 0.29) is 0 Å². The zero-order chi connectivity index (χ0) is 7.98. The molecule has 0 aromatic carbocycles. The summed E-state index contributed by atoms with van der Waals surface area (Å²) in [6, 6.07) is 0. The number of rotatable bonds is 4. The van der Waals surface area contributed by atoms with Crippen molar-refractivity contribution in [1.29, 1.82) is 0 Å². The van der Waals surface area contributed by atoms with Crippen molar-refractivity contribution in [3.05, 3.63) is 24.3 Å². The highest BCUT2D eigenvalue weighted by Gasteiger charge is 1.92. The molecule has 0 heterocycles. The van der Waals surface area contributed by atoms with Crippen molar-refractivity contribution in [3.63, 3.8) is 0 Å². The lowest BCUT2D eigenvalue weighted by Crippen LogP contribution is -1.86. The van der Waals surface area contributed by atoms with Gasteiger partial charge in [0.05, 0.1) is 0 Å². The fourth-order valence-electron chi connectivity index (χ4n) is 0.579. The van der Waals surface area contributed by atoms with Crippen molar-refractivity contribution in [2.75, 3.05) is 0 Å². The SMILES string of the molecule is [CH]=C(C=CCCC)C(C)C. The van der Waals surface area contributed by atoms with Crippen LogP contribution in [0.2, 0.25) is 0 Å². The summed E-state index contributed by atoms with van der Waals surface area (Å²) in [6.45, 7) is 12.1. The van der Waals surface area contributed by atoms with Gasteiger partial charge in [-0.3, -0.25) is 0 Å². The van der Waals surface area contributed by atoms with Gasteiger partial charge in [0.2, 0.25) is 0 Å². The van der Waals surface area contributed by atoms with Gasteiger partial charge in [0.25, 0.3) is 0 Å². The third-order valence-corrected chi connectivity index (χ3v) is 1.43. The summed E-state index contributed by atoms with van der Waals surface area (Å²) in [5, 5.41) is 0. The predicted octanol–water partition coefficient (Wildman–Crippen LogP) is 3.36. The standard InChI is InChI=1S/C10H17/c1-5-6-7-8-10(4)9(2)3/h4,7-9H,5-6H2,1-3H3. The minimum atomic E-state index is 0.480. The monoisotopic (exact) mass is 137 g/mol. The quantitative estimate of drug-likeness (QED) is 0.521. The highest BCUT2D eigenvalue weighted by atomic mass is 14.0. The zero-order valence-corrected chi connectivity index (χ0v) is 7.22. The van der Waals surface area contributed by atoms with Crippen molar-refractivity contribution in [1.82, 2.24) is 0 Å². The molecule has 0 aliphatic heterocycles. The van der Waals surface area contributed by atoms with Gasteiger partial charge < -0.3 is 0 Å². The smallest absolute Gasteiger partial charge is 0.0219 e. The van der Waals surface area contributed by atoms with E-state index in [2.05, 4.69) is 26.8 Å². The summed E-state index contributed by atoms with van der Waals surface area (Å²) < 4.78 is 0. The maximum atomic E-state index is 5.69. The van der Waals surface area contributed by atoms with Crippen LogP contribution in [0.15, 0.2) is 17.7 Å². The molecule has 1 radical (unpaired) electrons. The zero-order valence-electron chi connectivity index (χ0n) is 7.22. The highest BCUT2D eigenvalue weighted by molar-refractivity contribution is 5.14. The fraction of sp³-hybridized carbons (Fsp3) is 0.600. The fourth-order valence-corrected chi connectivity index (χ4v) is 0.579. The highest BCUT2D eigenvalue weighted by Crippen LogP contribution is 2.07. The summed E-state index contributed by atoms with van der Waals surface area (Å²) >= 11 is 0. The third-order valence-electron chi connectivity index (χ3n) is 1.43. The number of unbranched alkanes of at least 4 members (excludes halogenated alkanes) is 1. The largest absolute Gasteiger partial charge is 0.0843 e. The maximum absolute atomic E-state index is 5.69. The Kier molecular flexibility index (Phi) is 5.00. The molecular weight excluding hydrogens is 120 g/mol. The van der Waals surface area contributed by atoms with E-state index >= 15 is 0 Å². The average molecular weight is 137 g/mol. The molecule has 0 aromatic rings. The molecule has 0 amide bonds. The van der Waals surface area contributed by atoms with E-state index in [1.807, 2.05) is 6.08 Å². The summed E-state index contributed by atoms with van der Waals surface area (Å²) in [4.78, 5) is 0. The van der Waals surface area contributed by atoms with Crippen molar-refractivity contribution in [2.45, 2.75) is 33.6 Å². The van der Waals surface area contributed by atoms with Crippen LogP contribution in [0.5, 0.6) is 0 Å². The molecule has 0 bridgehead atoms. The van der Waals surface area contributed by atoms with Crippen molar-refractivity contribution in [2.24, 2.45) is 5.92 Å². The number of hydrogen-bond acceptors (Lipinski definition) is 0. The van der Waals surface area contributed by atoms with Gasteiger partial charge in [-0.25, -0.2) is 0 Å². The van der Waals surface area contributed by atoms with E-state index in [9.17, 15) is 0 Å². The van der Waals surface area contributed by atoms with Gasteiger partial charge in [-0.05, 0) is 17.9 Å². The second kappa shape index (κ2) is 5.28. The van der Waals surface area contributed by atoms with Crippen LogP contribution in [-0.4, -0.2) is 0 Å². The number of hydrogen-bond donors (Lipinski definition) is 0. The van der Waals surface area contributed by atoms with Crippen molar-refractivity contribution < 1.29 is 0 Å². The maximum Gasteiger partial charge on any atom is -0.0219 e. The van der Waals surface area contributed by atoms with Crippen LogP contribution < -0.4 is 0 Å². The van der Waals surface area contributed by atoms with Crippen LogP contribution in [0, 0.1) is 12.5 Å². The third kappa shape index (κ3) is 4.37. The molecule has 10 heavy (non-hydrogen) atoms. The molecule has 0 fully saturated rings. The topological polar surface area (TPSA) is 0 Å². The van der Waals surface area contributed by atoms with Crippen LogP contribution in [-0.2, 0) is 0 Å². The Balaban J connectivity index is 3.56. The van der Waals surface area contributed by atoms with Crippen LogP contribution in [0.25, 0.3) is 0 Å². The molecule has 57 valence electrons. The molecule has 0 aliphatic carbocycles. The predicted molar refractivity (Wildman–Crippen MR) is 46.7 cm³/mol. The molecule has 0 atom stereocenters. The molecule has 0 N–H and O–H groups in total. The number of allylic oxidation sites excluding steroid dienone is 3. The van der Waals surface area contributed by atoms with Gasteiger partial charge in [0.15, 0.2) is 0 Å². The second-order valence-electron chi connectivity index (χ2n) is 2.85. The van der Waals surface area contributed by atoms with Crippen molar-refractivity contribution >= 4 is 0 Å².